The molecule has 0 rings (SSSR count). The number of carbonyl (C=O) groups excluding carboxylic acids is 2. The average molecular weight is 375 g/mol. The molecule has 2 unspecified atom stereocenters. The van der Waals surface area contributed by atoms with Crippen molar-refractivity contribution in [1.29, 1.82) is 0 Å². The van der Waals surface area contributed by atoms with E-state index < -0.39 is 12.3 Å². The van der Waals surface area contributed by atoms with Crippen LogP contribution in [-0.2, 0) is 19.2 Å². The molecule has 0 fully saturated rings. The summed E-state index contributed by atoms with van der Waals surface area (Å²) < 4.78 is 10.0. The summed E-state index contributed by atoms with van der Waals surface area (Å²) in [4.78, 5) is 31.6. The van der Waals surface area contributed by atoms with Crippen molar-refractivity contribution in [2.45, 2.75) is 117 Å². The first kappa shape index (κ1) is 24.5. The highest BCUT2D eigenvalue weighted by molar-refractivity contribution is 5.63. The molecule has 0 aromatic rings. The Morgan fingerprint density at radius 3 is 1.31 bits per heavy atom. The Hall–Kier alpha value is -1.46. The third kappa shape index (κ3) is 16.0. The van der Waals surface area contributed by atoms with Gasteiger partial charge in [0, 0.05) is 0 Å². The van der Waals surface area contributed by atoms with E-state index in [2.05, 4.69) is 23.6 Å². The van der Waals surface area contributed by atoms with Crippen molar-refractivity contribution in [1.82, 2.24) is 0 Å². The lowest BCUT2D eigenvalue weighted by molar-refractivity contribution is -0.224. The SMILES string of the molecule is CCCCCCCC(C)OC(=O)OOC(=O)OC(C)CCCCCCC. The summed E-state index contributed by atoms with van der Waals surface area (Å²) in [5.41, 5.74) is 0. The second-order valence-electron chi connectivity index (χ2n) is 6.93. The van der Waals surface area contributed by atoms with E-state index in [1.807, 2.05) is 0 Å². The molecule has 0 spiro atoms. The second-order valence-corrected chi connectivity index (χ2v) is 6.93. The molecule has 154 valence electrons. The Kier molecular flexibility index (Phi) is 16.0. The van der Waals surface area contributed by atoms with Crippen LogP contribution >= 0.6 is 0 Å². The first-order chi connectivity index (χ1) is 12.5. The zero-order valence-corrected chi connectivity index (χ0v) is 17.1. The smallest absolute Gasteiger partial charge is 0.429 e. The molecule has 0 amide bonds. The Bertz CT molecular complexity index is 324. The van der Waals surface area contributed by atoms with Crippen LogP contribution in [0.25, 0.3) is 0 Å². The van der Waals surface area contributed by atoms with Crippen LogP contribution in [0, 0.1) is 0 Å². The van der Waals surface area contributed by atoms with Crippen LogP contribution in [0.3, 0.4) is 0 Å². The van der Waals surface area contributed by atoms with Crippen LogP contribution in [0.15, 0.2) is 0 Å². The maximum atomic E-state index is 11.5. The van der Waals surface area contributed by atoms with Crippen LogP contribution in [0.2, 0.25) is 0 Å². The number of hydrogen-bond donors (Lipinski definition) is 0. The minimum Gasteiger partial charge on any atom is -0.429 e. The summed E-state index contributed by atoms with van der Waals surface area (Å²) in [6, 6.07) is 0. The van der Waals surface area contributed by atoms with Gasteiger partial charge in [0.15, 0.2) is 0 Å². The van der Waals surface area contributed by atoms with Crippen molar-refractivity contribution in [3.05, 3.63) is 0 Å². The number of hydrogen-bond acceptors (Lipinski definition) is 6. The van der Waals surface area contributed by atoms with Crippen LogP contribution < -0.4 is 0 Å². The van der Waals surface area contributed by atoms with E-state index in [1.54, 1.807) is 13.8 Å². The highest BCUT2D eigenvalue weighted by Crippen LogP contribution is 2.11. The third-order valence-corrected chi connectivity index (χ3v) is 4.20. The molecule has 0 radical (unpaired) electrons. The summed E-state index contributed by atoms with van der Waals surface area (Å²) >= 11 is 0. The summed E-state index contributed by atoms with van der Waals surface area (Å²) in [6.45, 7) is 7.92. The summed E-state index contributed by atoms with van der Waals surface area (Å²) in [6.07, 6.45) is 10.4. The van der Waals surface area contributed by atoms with Gasteiger partial charge in [0.05, 0.1) is 0 Å². The lowest BCUT2D eigenvalue weighted by Crippen LogP contribution is -2.21. The van der Waals surface area contributed by atoms with E-state index in [4.69, 9.17) is 9.47 Å². The van der Waals surface area contributed by atoms with Crippen LogP contribution in [0.4, 0.5) is 9.59 Å². The van der Waals surface area contributed by atoms with Crippen molar-refractivity contribution < 1.29 is 28.8 Å². The van der Waals surface area contributed by atoms with Crippen LogP contribution in [0.5, 0.6) is 0 Å². The van der Waals surface area contributed by atoms with Gasteiger partial charge in [-0.1, -0.05) is 65.2 Å². The molecular formula is C20H38O6. The predicted octanol–water partition coefficient (Wildman–Crippen LogP) is 6.71. The number of rotatable bonds is 14. The van der Waals surface area contributed by atoms with E-state index in [1.165, 1.54) is 38.5 Å². The van der Waals surface area contributed by atoms with Gasteiger partial charge in [-0.05, 0) is 39.5 Å². The molecule has 0 heterocycles. The first-order valence-electron chi connectivity index (χ1n) is 10.2. The van der Waals surface area contributed by atoms with Gasteiger partial charge < -0.3 is 9.47 Å². The molecular weight excluding hydrogens is 336 g/mol. The molecule has 0 aromatic heterocycles. The summed E-state index contributed by atoms with van der Waals surface area (Å²) in [5, 5.41) is 0. The van der Waals surface area contributed by atoms with Gasteiger partial charge in [0.1, 0.15) is 12.2 Å². The first-order valence-corrected chi connectivity index (χ1v) is 10.2. The minimum absolute atomic E-state index is 0.272. The molecule has 0 aliphatic carbocycles. The topological polar surface area (TPSA) is 71.1 Å². The molecule has 0 saturated carbocycles. The molecule has 26 heavy (non-hydrogen) atoms. The zero-order chi connectivity index (χ0) is 19.6. The van der Waals surface area contributed by atoms with E-state index in [-0.39, 0.29) is 12.2 Å². The van der Waals surface area contributed by atoms with Crippen molar-refractivity contribution in [2.75, 3.05) is 0 Å². The molecule has 6 heteroatoms. The Balaban J connectivity index is 3.68. The Morgan fingerprint density at radius 2 is 0.962 bits per heavy atom. The largest absolute Gasteiger partial charge is 0.550 e. The quantitative estimate of drug-likeness (QED) is 0.146. The highest BCUT2D eigenvalue weighted by Gasteiger charge is 2.17. The molecule has 0 N–H and O–H groups in total. The number of ether oxygens (including phenoxy) is 2. The van der Waals surface area contributed by atoms with Gasteiger partial charge in [0.25, 0.3) is 0 Å². The highest BCUT2D eigenvalue weighted by atomic mass is 17.3. The minimum atomic E-state index is -1.02. The molecule has 0 aliphatic heterocycles. The van der Waals surface area contributed by atoms with Gasteiger partial charge in [0.2, 0.25) is 0 Å². The fraction of sp³-hybridized carbons (Fsp3) is 0.900. The maximum absolute atomic E-state index is 11.5. The lowest BCUT2D eigenvalue weighted by atomic mass is 10.1. The van der Waals surface area contributed by atoms with Gasteiger partial charge in [-0.2, -0.15) is 19.4 Å². The van der Waals surface area contributed by atoms with Gasteiger partial charge in [-0.25, -0.2) is 0 Å². The van der Waals surface area contributed by atoms with Crippen LogP contribution in [-0.4, -0.2) is 24.5 Å². The molecule has 0 saturated heterocycles. The van der Waals surface area contributed by atoms with E-state index in [0.29, 0.717) is 0 Å². The summed E-state index contributed by atoms with van der Waals surface area (Å²) in [5.74, 6) is 0. The van der Waals surface area contributed by atoms with Crippen molar-refractivity contribution >= 4 is 12.3 Å². The average Bonchev–Trinajstić information content (AvgIpc) is 2.59. The normalized spacial score (nSPS) is 12.9. The second kappa shape index (κ2) is 17.0. The molecule has 6 nitrogen and oxygen atoms in total. The molecule has 0 aliphatic rings. The monoisotopic (exact) mass is 374 g/mol. The molecule has 0 aromatic carbocycles. The number of unbranched alkanes of at least 4 members (excludes halogenated alkanes) is 8. The number of carbonyl (C=O) groups is 2. The maximum Gasteiger partial charge on any atom is 0.550 e. The molecule has 0 bridgehead atoms. The molecule has 2 atom stereocenters. The van der Waals surface area contributed by atoms with Gasteiger partial charge in [-0.15, -0.1) is 0 Å². The predicted molar refractivity (Wildman–Crippen MR) is 101 cm³/mol. The Morgan fingerprint density at radius 1 is 0.615 bits per heavy atom. The van der Waals surface area contributed by atoms with Crippen molar-refractivity contribution in [3.63, 3.8) is 0 Å². The van der Waals surface area contributed by atoms with Gasteiger partial charge >= 0.3 is 12.3 Å². The van der Waals surface area contributed by atoms with E-state index in [9.17, 15) is 9.59 Å². The summed E-state index contributed by atoms with van der Waals surface area (Å²) in [7, 11) is 0. The lowest BCUT2D eigenvalue weighted by Gasteiger charge is -2.13. The van der Waals surface area contributed by atoms with Crippen molar-refractivity contribution in [3.8, 4) is 0 Å². The van der Waals surface area contributed by atoms with Crippen molar-refractivity contribution in [2.24, 2.45) is 0 Å². The van der Waals surface area contributed by atoms with E-state index >= 15 is 0 Å². The van der Waals surface area contributed by atoms with Gasteiger partial charge in [-0.3, -0.25) is 0 Å². The van der Waals surface area contributed by atoms with Crippen LogP contribution in [0.1, 0.15) is 105 Å². The fourth-order valence-electron chi connectivity index (χ4n) is 2.62. The standard InChI is InChI=1S/C20H38O6/c1-5-7-9-11-13-15-17(3)23-19(21)25-26-20(22)24-18(4)16-14-12-10-8-6-2/h17-18H,5-16H2,1-4H3. The zero-order valence-electron chi connectivity index (χ0n) is 17.1. The Labute approximate surface area is 158 Å². The fourth-order valence-corrected chi connectivity index (χ4v) is 2.62. The third-order valence-electron chi connectivity index (χ3n) is 4.20. The van der Waals surface area contributed by atoms with E-state index in [0.717, 1.165) is 38.5 Å².